The SMILES string of the molecule is C=CCC1(Cc2ccncc2)NC(=S)N(C2C3CN(C(=O)OC(C)(C)C)CC32)C1=O. The lowest BCUT2D eigenvalue weighted by Gasteiger charge is -2.28. The zero-order valence-corrected chi connectivity index (χ0v) is 18.4. The number of fused-ring (bicyclic) bond motifs is 1. The van der Waals surface area contributed by atoms with Crippen LogP contribution in [-0.2, 0) is 16.0 Å². The van der Waals surface area contributed by atoms with Crippen molar-refractivity contribution < 1.29 is 14.3 Å². The molecule has 2 saturated heterocycles. The van der Waals surface area contributed by atoms with Gasteiger partial charge in [-0.15, -0.1) is 6.58 Å². The first kappa shape index (κ1) is 20.8. The maximum atomic E-state index is 13.6. The number of ether oxygens (including phenoxy) is 1. The van der Waals surface area contributed by atoms with E-state index in [9.17, 15) is 9.59 Å². The number of likely N-dealkylation sites (tertiary alicyclic amines) is 1. The van der Waals surface area contributed by atoms with E-state index in [1.54, 1.807) is 28.3 Å². The van der Waals surface area contributed by atoms with Crippen molar-refractivity contribution in [2.24, 2.45) is 11.8 Å². The minimum Gasteiger partial charge on any atom is -0.444 e. The first-order chi connectivity index (χ1) is 14.1. The predicted molar refractivity (Wildman–Crippen MR) is 117 cm³/mol. The molecule has 2 aliphatic heterocycles. The Kier molecular flexibility index (Phi) is 5.08. The number of amides is 2. The zero-order chi connectivity index (χ0) is 21.7. The van der Waals surface area contributed by atoms with Crippen molar-refractivity contribution >= 4 is 29.3 Å². The van der Waals surface area contributed by atoms with Gasteiger partial charge in [-0.05, 0) is 57.1 Å². The fraction of sp³-hybridized carbons (Fsp3) is 0.545. The molecule has 3 aliphatic rings. The predicted octanol–water partition coefficient (Wildman–Crippen LogP) is 2.52. The lowest BCUT2D eigenvalue weighted by Crippen LogP contribution is -2.49. The van der Waals surface area contributed by atoms with Crippen LogP contribution in [0.1, 0.15) is 32.8 Å². The first-order valence-electron chi connectivity index (χ1n) is 10.3. The number of hydrogen-bond acceptors (Lipinski definition) is 5. The summed E-state index contributed by atoms with van der Waals surface area (Å²) in [5.74, 6) is 0.468. The molecule has 1 aliphatic carbocycles. The van der Waals surface area contributed by atoms with E-state index in [-0.39, 0.29) is 29.9 Å². The average Bonchev–Trinajstić information content (AvgIpc) is 3.02. The van der Waals surface area contributed by atoms with Gasteiger partial charge in [-0.3, -0.25) is 14.7 Å². The van der Waals surface area contributed by atoms with Crippen molar-refractivity contribution in [2.45, 2.75) is 50.8 Å². The molecule has 0 spiro atoms. The van der Waals surface area contributed by atoms with Crippen molar-refractivity contribution in [3.05, 3.63) is 42.7 Å². The van der Waals surface area contributed by atoms with E-state index < -0.39 is 11.1 Å². The summed E-state index contributed by atoms with van der Waals surface area (Å²) in [5, 5.41) is 3.77. The number of piperidine rings is 1. The number of carbonyl (C=O) groups excluding carboxylic acids is 2. The number of carbonyl (C=O) groups is 2. The van der Waals surface area contributed by atoms with Gasteiger partial charge in [0.1, 0.15) is 11.1 Å². The second kappa shape index (κ2) is 7.34. The van der Waals surface area contributed by atoms with Crippen LogP contribution in [0.4, 0.5) is 4.79 Å². The molecule has 7 nitrogen and oxygen atoms in total. The van der Waals surface area contributed by atoms with Gasteiger partial charge in [-0.25, -0.2) is 4.79 Å². The van der Waals surface area contributed by atoms with Crippen LogP contribution in [0, 0.1) is 11.8 Å². The van der Waals surface area contributed by atoms with Gasteiger partial charge in [0.05, 0.1) is 0 Å². The molecule has 0 bridgehead atoms. The van der Waals surface area contributed by atoms with E-state index in [1.165, 1.54) is 0 Å². The highest BCUT2D eigenvalue weighted by Gasteiger charge is 2.65. The zero-order valence-electron chi connectivity index (χ0n) is 17.6. The van der Waals surface area contributed by atoms with Crippen LogP contribution >= 0.6 is 12.2 Å². The third-order valence-electron chi connectivity index (χ3n) is 6.04. The molecule has 30 heavy (non-hydrogen) atoms. The third-order valence-corrected chi connectivity index (χ3v) is 6.34. The minimum absolute atomic E-state index is 0.00701. The van der Waals surface area contributed by atoms with Crippen molar-refractivity contribution in [3.8, 4) is 0 Å². The van der Waals surface area contributed by atoms with Crippen molar-refractivity contribution in [1.82, 2.24) is 20.1 Å². The maximum Gasteiger partial charge on any atom is 0.410 e. The molecule has 3 atom stereocenters. The molecule has 1 aromatic rings. The van der Waals surface area contributed by atoms with Gasteiger partial charge in [0, 0.05) is 49.8 Å². The number of rotatable bonds is 5. The molecule has 1 N–H and O–H groups in total. The fourth-order valence-corrected chi connectivity index (χ4v) is 5.09. The summed E-state index contributed by atoms with van der Waals surface area (Å²) in [4.78, 5) is 33.4. The Balaban J connectivity index is 1.46. The Bertz CT molecular complexity index is 872. The van der Waals surface area contributed by atoms with Crippen LogP contribution in [0.5, 0.6) is 0 Å². The molecule has 8 heteroatoms. The first-order valence-corrected chi connectivity index (χ1v) is 10.7. The van der Waals surface area contributed by atoms with Crippen molar-refractivity contribution in [2.75, 3.05) is 13.1 Å². The molecule has 0 radical (unpaired) electrons. The van der Waals surface area contributed by atoms with E-state index in [4.69, 9.17) is 17.0 Å². The Morgan fingerprint density at radius 1 is 1.37 bits per heavy atom. The number of nitrogens with zero attached hydrogens (tertiary/aromatic N) is 3. The average molecular weight is 429 g/mol. The highest BCUT2D eigenvalue weighted by Crippen LogP contribution is 2.51. The van der Waals surface area contributed by atoms with Gasteiger partial charge in [0.25, 0.3) is 5.91 Å². The summed E-state index contributed by atoms with van der Waals surface area (Å²) in [6.45, 7) is 10.6. The van der Waals surface area contributed by atoms with Crippen LogP contribution in [0.25, 0.3) is 0 Å². The van der Waals surface area contributed by atoms with E-state index in [1.807, 2.05) is 32.9 Å². The quantitative estimate of drug-likeness (QED) is 0.574. The van der Waals surface area contributed by atoms with Gasteiger partial charge in [-0.2, -0.15) is 0 Å². The normalized spacial score (nSPS) is 30.2. The Morgan fingerprint density at radius 2 is 2.00 bits per heavy atom. The number of hydrogen-bond donors (Lipinski definition) is 1. The molecular weight excluding hydrogens is 400 g/mol. The monoisotopic (exact) mass is 428 g/mol. The van der Waals surface area contributed by atoms with Crippen LogP contribution in [0.15, 0.2) is 37.2 Å². The van der Waals surface area contributed by atoms with Crippen LogP contribution in [0.3, 0.4) is 0 Å². The van der Waals surface area contributed by atoms with E-state index in [0.717, 1.165) is 5.56 Å². The number of nitrogens with one attached hydrogen (secondary N) is 1. The van der Waals surface area contributed by atoms with E-state index in [0.29, 0.717) is 31.0 Å². The molecule has 2 amide bonds. The van der Waals surface area contributed by atoms with Gasteiger partial charge < -0.3 is 15.0 Å². The van der Waals surface area contributed by atoms with Crippen molar-refractivity contribution in [3.63, 3.8) is 0 Å². The molecule has 3 heterocycles. The summed E-state index contributed by atoms with van der Waals surface area (Å²) < 4.78 is 5.48. The number of thiocarbonyl (C=S) groups is 1. The van der Waals surface area contributed by atoms with Gasteiger partial charge in [0.2, 0.25) is 0 Å². The summed E-state index contributed by atoms with van der Waals surface area (Å²) in [7, 11) is 0. The molecule has 1 aromatic heterocycles. The second-order valence-corrected chi connectivity index (χ2v) is 9.80. The summed E-state index contributed by atoms with van der Waals surface area (Å²) in [5.41, 5.74) is -0.316. The molecule has 4 rings (SSSR count). The lowest BCUT2D eigenvalue weighted by molar-refractivity contribution is -0.131. The highest BCUT2D eigenvalue weighted by atomic mass is 32.1. The smallest absolute Gasteiger partial charge is 0.410 e. The molecule has 3 fully saturated rings. The third kappa shape index (κ3) is 3.69. The molecule has 0 aromatic carbocycles. The maximum absolute atomic E-state index is 13.6. The largest absolute Gasteiger partial charge is 0.444 e. The van der Waals surface area contributed by atoms with Gasteiger partial charge in [-0.1, -0.05) is 6.08 Å². The highest BCUT2D eigenvalue weighted by molar-refractivity contribution is 7.80. The Labute approximate surface area is 182 Å². The standard InChI is InChI=1S/C22H28N4O3S/c1-5-8-22(11-14-6-9-23-10-7-14)18(27)26(19(30)24-22)17-15-12-25(13-16(15)17)20(28)29-21(2,3)4/h5-7,9-10,15-17H,1,8,11-13H2,2-4H3,(H,24,30). The molecular formula is C22H28N4O3S. The number of aromatic nitrogens is 1. The van der Waals surface area contributed by atoms with Gasteiger partial charge >= 0.3 is 6.09 Å². The molecule has 3 unspecified atom stereocenters. The van der Waals surface area contributed by atoms with Gasteiger partial charge in [0.15, 0.2) is 5.11 Å². The summed E-state index contributed by atoms with van der Waals surface area (Å²) in [6, 6.07) is 3.87. The molecule has 1 saturated carbocycles. The van der Waals surface area contributed by atoms with Crippen molar-refractivity contribution in [1.29, 1.82) is 0 Å². The Hall–Kier alpha value is -2.48. The minimum atomic E-state index is -0.818. The second-order valence-electron chi connectivity index (χ2n) is 9.42. The summed E-state index contributed by atoms with van der Waals surface area (Å²) >= 11 is 5.59. The van der Waals surface area contributed by atoms with Crippen LogP contribution < -0.4 is 5.32 Å². The summed E-state index contributed by atoms with van der Waals surface area (Å²) in [6.07, 6.45) is 5.92. The van der Waals surface area contributed by atoms with E-state index >= 15 is 0 Å². The van der Waals surface area contributed by atoms with Crippen LogP contribution in [0.2, 0.25) is 0 Å². The Morgan fingerprint density at radius 3 is 2.57 bits per heavy atom. The lowest BCUT2D eigenvalue weighted by atomic mass is 9.87. The molecule has 160 valence electrons. The number of pyridine rings is 1. The van der Waals surface area contributed by atoms with E-state index in [2.05, 4.69) is 16.9 Å². The van der Waals surface area contributed by atoms with Crippen LogP contribution in [-0.4, -0.2) is 62.2 Å². The fourth-order valence-electron chi connectivity index (χ4n) is 4.69. The topological polar surface area (TPSA) is 74.8 Å².